The predicted octanol–water partition coefficient (Wildman–Crippen LogP) is 2.97. The number of rotatable bonds is 7. The molecule has 21 heavy (non-hydrogen) atoms. The molecule has 1 N–H and O–H groups in total. The summed E-state index contributed by atoms with van der Waals surface area (Å²) < 4.78 is 0. The number of nitrogens with zero attached hydrogens (tertiary/aromatic N) is 2. The summed E-state index contributed by atoms with van der Waals surface area (Å²) >= 11 is 0. The lowest BCUT2D eigenvalue weighted by molar-refractivity contribution is 0.157. The molecule has 3 atom stereocenters. The quantitative estimate of drug-likeness (QED) is 0.836. The Labute approximate surface area is 130 Å². The lowest BCUT2D eigenvalue weighted by atomic mass is 9.76. The van der Waals surface area contributed by atoms with Gasteiger partial charge in [-0.2, -0.15) is 0 Å². The average Bonchev–Trinajstić information content (AvgIpc) is 2.54. The smallest absolute Gasteiger partial charge is 0.0416 e. The minimum Gasteiger partial charge on any atom is -0.317 e. The van der Waals surface area contributed by atoms with E-state index in [2.05, 4.69) is 48.4 Å². The predicted molar refractivity (Wildman–Crippen MR) is 89.4 cm³/mol. The van der Waals surface area contributed by atoms with Crippen molar-refractivity contribution in [3.63, 3.8) is 0 Å². The summed E-state index contributed by atoms with van der Waals surface area (Å²) in [5.41, 5.74) is 1.20. The van der Waals surface area contributed by atoms with Gasteiger partial charge in [-0.25, -0.2) is 0 Å². The maximum atomic E-state index is 4.41. The summed E-state index contributed by atoms with van der Waals surface area (Å²) in [6.07, 6.45) is 8.40. The van der Waals surface area contributed by atoms with Crippen LogP contribution in [0.3, 0.4) is 0 Å². The molecule has 1 aromatic heterocycles. The summed E-state index contributed by atoms with van der Waals surface area (Å²) in [7, 11) is 4.38. The van der Waals surface area contributed by atoms with Gasteiger partial charge in [0.2, 0.25) is 0 Å². The van der Waals surface area contributed by atoms with Crippen LogP contribution < -0.4 is 5.32 Å². The molecule has 1 aromatic rings. The van der Waals surface area contributed by atoms with E-state index in [9.17, 15) is 0 Å². The molecule has 3 heteroatoms. The number of pyridine rings is 1. The van der Waals surface area contributed by atoms with E-state index < -0.39 is 0 Å². The van der Waals surface area contributed by atoms with E-state index in [1.54, 1.807) is 0 Å². The van der Waals surface area contributed by atoms with Crippen LogP contribution in [-0.4, -0.2) is 43.1 Å². The van der Waals surface area contributed by atoms with Crippen molar-refractivity contribution >= 4 is 0 Å². The first-order chi connectivity index (χ1) is 10.2. The second kappa shape index (κ2) is 8.50. The maximum absolute atomic E-state index is 4.41. The van der Waals surface area contributed by atoms with Gasteiger partial charge in [0.15, 0.2) is 0 Å². The molecule has 2 rings (SSSR count). The number of hydrogen-bond donors (Lipinski definition) is 1. The molecule has 1 aliphatic rings. The van der Waals surface area contributed by atoms with Crippen molar-refractivity contribution in [1.82, 2.24) is 15.2 Å². The fourth-order valence-electron chi connectivity index (χ4n) is 3.66. The zero-order valence-corrected chi connectivity index (χ0v) is 13.9. The van der Waals surface area contributed by atoms with Gasteiger partial charge in [-0.15, -0.1) is 0 Å². The Morgan fingerprint density at radius 1 is 1.33 bits per heavy atom. The highest BCUT2D eigenvalue weighted by atomic mass is 15.1. The highest BCUT2D eigenvalue weighted by Gasteiger charge is 2.29. The third kappa shape index (κ3) is 5.08. The Morgan fingerprint density at radius 3 is 2.86 bits per heavy atom. The number of likely N-dealkylation sites (N-methyl/N-ethyl adjacent to an activating group) is 1. The van der Waals surface area contributed by atoms with Crippen LogP contribution in [0, 0.1) is 11.8 Å². The number of nitrogens with one attached hydrogen (secondary N) is 1. The Morgan fingerprint density at radius 2 is 2.19 bits per heavy atom. The zero-order valence-electron chi connectivity index (χ0n) is 13.9. The molecule has 0 aromatic carbocycles. The molecule has 3 unspecified atom stereocenters. The Hall–Kier alpha value is -0.930. The standard InChI is InChI=1S/C18H31N3/c1-4-15-8-9-18(19-2)16(13-15)14-21(3)12-10-17-7-5-6-11-20-17/h5-7,11,15-16,18-19H,4,8-10,12-14H2,1-3H3. The van der Waals surface area contributed by atoms with Gasteiger partial charge >= 0.3 is 0 Å². The Balaban J connectivity index is 1.80. The summed E-state index contributed by atoms with van der Waals surface area (Å²) in [4.78, 5) is 6.90. The highest BCUT2D eigenvalue weighted by molar-refractivity contribution is 5.03. The normalized spacial score (nSPS) is 26.2. The fraction of sp³-hybridized carbons (Fsp3) is 0.722. The molecule has 3 nitrogen and oxygen atoms in total. The first-order valence-electron chi connectivity index (χ1n) is 8.48. The van der Waals surface area contributed by atoms with Crippen LogP contribution in [0.25, 0.3) is 0 Å². The molecule has 0 saturated heterocycles. The van der Waals surface area contributed by atoms with Crippen molar-refractivity contribution in [2.24, 2.45) is 11.8 Å². The highest BCUT2D eigenvalue weighted by Crippen LogP contribution is 2.31. The molecule has 0 bridgehead atoms. The molecule has 0 amide bonds. The van der Waals surface area contributed by atoms with E-state index in [0.717, 1.165) is 24.8 Å². The van der Waals surface area contributed by atoms with Crippen LogP contribution in [0.15, 0.2) is 24.4 Å². The van der Waals surface area contributed by atoms with Crippen LogP contribution >= 0.6 is 0 Å². The van der Waals surface area contributed by atoms with Gasteiger partial charge in [-0.1, -0.05) is 19.4 Å². The molecule has 0 radical (unpaired) electrons. The van der Waals surface area contributed by atoms with Crippen molar-refractivity contribution in [3.05, 3.63) is 30.1 Å². The molecule has 1 heterocycles. The lowest BCUT2D eigenvalue weighted by Gasteiger charge is -2.38. The van der Waals surface area contributed by atoms with E-state index >= 15 is 0 Å². The van der Waals surface area contributed by atoms with Gasteiger partial charge in [0.1, 0.15) is 0 Å². The summed E-state index contributed by atoms with van der Waals surface area (Å²) in [6, 6.07) is 6.88. The first-order valence-corrected chi connectivity index (χ1v) is 8.48. The van der Waals surface area contributed by atoms with Gasteiger partial charge in [-0.05, 0) is 57.3 Å². The van der Waals surface area contributed by atoms with Gasteiger partial charge in [-0.3, -0.25) is 4.98 Å². The van der Waals surface area contributed by atoms with Crippen molar-refractivity contribution in [2.45, 2.75) is 45.1 Å². The topological polar surface area (TPSA) is 28.2 Å². The van der Waals surface area contributed by atoms with E-state index in [1.165, 1.54) is 37.9 Å². The van der Waals surface area contributed by atoms with Crippen molar-refractivity contribution in [3.8, 4) is 0 Å². The average molecular weight is 289 g/mol. The second-order valence-electron chi connectivity index (χ2n) is 6.58. The van der Waals surface area contributed by atoms with E-state index in [0.29, 0.717) is 6.04 Å². The van der Waals surface area contributed by atoms with Crippen LogP contribution in [0.5, 0.6) is 0 Å². The van der Waals surface area contributed by atoms with Crippen LogP contribution in [-0.2, 0) is 6.42 Å². The van der Waals surface area contributed by atoms with E-state index in [4.69, 9.17) is 0 Å². The fourth-order valence-corrected chi connectivity index (χ4v) is 3.66. The third-order valence-electron chi connectivity index (χ3n) is 5.06. The van der Waals surface area contributed by atoms with Crippen LogP contribution in [0.1, 0.15) is 38.3 Å². The molecule has 0 aliphatic heterocycles. The SMILES string of the molecule is CCC1CCC(NC)C(CN(C)CCc2ccccn2)C1. The molecular formula is C18H31N3. The molecule has 1 saturated carbocycles. The van der Waals surface area contributed by atoms with Crippen molar-refractivity contribution in [2.75, 3.05) is 27.2 Å². The van der Waals surface area contributed by atoms with E-state index in [1.807, 2.05) is 12.3 Å². The minimum absolute atomic E-state index is 0.699. The van der Waals surface area contributed by atoms with Crippen molar-refractivity contribution < 1.29 is 0 Å². The minimum atomic E-state index is 0.699. The largest absolute Gasteiger partial charge is 0.317 e. The lowest BCUT2D eigenvalue weighted by Crippen LogP contribution is -2.44. The summed E-state index contributed by atoms with van der Waals surface area (Å²) in [5, 5.41) is 3.54. The molecule has 1 aliphatic carbocycles. The van der Waals surface area contributed by atoms with Gasteiger partial charge < -0.3 is 10.2 Å². The molecule has 118 valence electrons. The Bertz CT molecular complexity index is 393. The Kier molecular flexibility index (Phi) is 6.65. The molecule has 1 fully saturated rings. The number of aromatic nitrogens is 1. The van der Waals surface area contributed by atoms with Gasteiger partial charge in [0, 0.05) is 37.4 Å². The number of hydrogen-bond acceptors (Lipinski definition) is 3. The molecule has 0 spiro atoms. The first kappa shape index (κ1) is 16.4. The summed E-state index contributed by atoms with van der Waals surface area (Å²) in [6.45, 7) is 4.64. The zero-order chi connectivity index (χ0) is 15.1. The summed E-state index contributed by atoms with van der Waals surface area (Å²) in [5.74, 6) is 1.73. The monoisotopic (exact) mass is 289 g/mol. The maximum Gasteiger partial charge on any atom is 0.0416 e. The van der Waals surface area contributed by atoms with Gasteiger partial charge in [0.05, 0.1) is 0 Å². The van der Waals surface area contributed by atoms with Crippen molar-refractivity contribution in [1.29, 1.82) is 0 Å². The van der Waals surface area contributed by atoms with Crippen LogP contribution in [0.2, 0.25) is 0 Å². The van der Waals surface area contributed by atoms with Gasteiger partial charge in [0.25, 0.3) is 0 Å². The molecular weight excluding hydrogens is 258 g/mol. The second-order valence-corrected chi connectivity index (χ2v) is 6.58. The van der Waals surface area contributed by atoms with Crippen LogP contribution in [0.4, 0.5) is 0 Å². The van der Waals surface area contributed by atoms with E-state index in [-0.39, 0.29) is 0 Å². The third-order valence-corrected chi connectivity index (χ3v) is 5.06.